The van der Waals surface area contributed by atoms with Crippen LogP contribution in [0.3, 0.4) is 0 Å². The molecule has 7 nitrogen and oxygen atoms in total. The van der Waals surface area contributed by atoms with Crippen molar-refractivity contribution in [3.05, 3.63) is 24.0 Å². The van der Waals surface area contributed by atoms with Gasteiger partial charge in [0.15, 0.2) is 5.65 Å². The lowest BCUT2D eigenvalue weighted by atomic mass is 9.93. The van der Waals surface area contributed by atoms with Gasteiger partial charge in [-0.15, -0.1) is 0 Å². The summed E-state index contributed by atoms with van der Waals surface area (Å²) in [6, 6.07) is 1.74. The van der Waals surface area contributed by atoms with Crippen LogP contribution in [-0.4, -0.2) is 38.0 Å². The van der Waals surface area contributed by atoms with Gasteiger partial charge in [-0.1, -0.05) is 0 Å². The number of pyridine rings is 1. The third-order valence-electron chi connectivity index (χ3n) is 3.68. The third kappa shape index (κ3) is 2.44. The van der Waals surface area contributed by atoms with E-state index in [1.807, 2.05) is 0 Å². The van der Waals surface area contributed by atoms with E-state index in [2.05, 4.69) is 15.4 Å². The Hall–Kier alpha value is -2.15. The molecule has 0 saturated heterocycles. The predicted molar refractivity (Wildman–Crippen MR) is 73.4 cm³/mol. The molecule has 1 aliphatic rings. The minimum atomic E-state index is -0.315. The van der Waals surface area contributed by atoms with Gasteiger partial charge in [0.2, 0.25) is 0 Å². The minimum absolute atomic E-state index is 0.0270. The number of nitrogens with two attached hydrogens (primary N) is 1. The van der Waals surface area contributed by atoms with E-state index in [4.69, 9.17) is 5.84 Å². The number of aromatic nitrogens is 3. The normalized spacial score (nSPS) is 22.9. The standard InChI is InChI=1S/C13H17N5O2/c14-18-12-8(7-16-18)4-9(6-15-12)13(20)17-10-2-1-3-11(19)5-10/h4,6-7,10-11,19H,1-3,5,14H2,(H,17,20)/t10-,11+/m1/s1. The number of rotatable bonds is 2. The van der Waals surface area contributed by atoms with Crippen molar-refractivity contribution >= 4 is 16.9 Å². The smallest absolute Gasteiger partial charge is 0.253 e. The number of aliphatic hydroxyl groups excluding tert-OH is 1. The summed E-state index contributed by atoms with van der Waals surface area (Å²) >= 11 is 0. The van der Waals surface area contributed by atoms with Crippen LogP contribution >= 0.6 is 0 Å². The van der Waals surface area contributed by atoms with E-state index >= 15 is 0 Å². The Balaban J connectivity index is 1.74. The zero-order valence-electron chi connectivity index (χ0n) is 11.0. The van der Waals surface area contributed by atoms with E-state index in [0.717, 1.165) is 24.6 Å². The zero-order chi connectivity index (χ0) is 14.1. The van der Waals surface area contributed by atoms with Gasteiger partial charge in [-0.05, 0) is 31.7 Å². The highest BCUT2D eigenvalue weighted by Gasteiger charge is 2.22. The van der Waals surface area contributed by atoms with Crippen molar-refractivity contribution in [2.24, 2.45) is 0 Å². The number of fused-ring (bicyclic) bond motifs is 1. The lowest BCUT2D eigenvalue weighted by Crippen LogP contribution is -2.39. The van der Waals surface area contributed by atoms with Crippen molar-refractivity contribution in [2.75, 3.05) is 5.84 Å². The highest BCUT2D eigenvalue weighted by Crippen LogP contribution is 2.19. The van der Waals surface area contributed by atoms with E-state index in [0.29, 0.717) is 17.6 Å². The molecule has 1 fully saturated rings. The molecule has 2 heterocycles. The number of nitrogens with zero attached hydrogens (tertiary/aromatic N) is 3. The summed E-state index contributed by atoms with van der Waals surface area (Å²) in [5.74, 6) is 5.40. The SMILES string of the molecule is Nn1ncc2cc(C(=O)N[C@@H]3CCC[C@H](O)C3)cnc21. The molecule has 3 rings (SSSR count). The Bertz CT molecular complexity index is 639. The molecule has 0 aliphatic heterocycles. The molecule has 106 valence electrons. The predicted octanol–water partition coefficient (Wildman–Crippen LogP) is 0.178. The first-order chi connectivity index (χ1) is 9.63. The van der Waals surface area contributed by atoms with Gasteiger partial charge in [-0.2, -0.15) is 9.89 Å². The lowest BCUT2D eigenvalue weighted by molar-refractivity contribution is 0.0849. The van der Waals surface area contributed by atoms with Gasteiger partial charge in [0.1, 0.15) is 0 Å². The highest BCUT2D eigenvalue weighted by molar-refractivity contribution is 5.96. The molecule has 7 heteroatoms. The van der Waals surface area contributed by atoms with Crippen molar-refractivity contribution in [2.45, 2.75) is 37.8 Å². The van der Waals surface area contributed by atoms with E-state index in [-0.39, 0.29) is 18.1 Å². The van der Waals surface area contributed by atoms with Crippen LogP contribution in [0.1, 0.15) is 36.0 Å². The lowest BCUT2D eigenvalue weighted by Gasteiger charge is -2.26. The largest absolute Gasteiger partial charge is 0.393 e. The minimum Gasteiger partial charge on any atom is -0.393 e. The Kier molecular flexibility index (Phi) is 3.27. The number of hydrogen-bond acceptors (Lipinski definition) is 5. The first-order valence-electron chi connectivity index (χ1n) is 6.71. The molecule has 1 saturated carbocycles. The van der Waals surface area contributed by atoms with E-state index in [1.165, 1.54) is 11.0 Å². The first-order valence-corrected chi connectivity index (χ1v) is 6.71. The monoisotopic (exact) mass is 275 g/mol. The zero-order valence-corrected chi connectivity index (χ0v) is 11.0. The van der Waals surface area contributed by atoms with Gasteiger partial charge in [0.05, 0.1) is 17.9 Å². The number of aliphatic hydroxyl groups is 1. The fraction of sp³-hybridized carbons (Fsp3) is 0.462. The summed E-state index contributed by atoms with van der Waals surface area (Å²) in [6.45, 7) is 0. The molecular formula is C13H17N5O2. The Morgan fingerprint density at radius 3 is 3.10 bits per heavy atom. The van der Waals surface area contributed by atoms with Crippen LogP contribution in [0.4, 0.5) is 0 Å². The maximum absolute atomic E-state index is 12.2. The Morgan fingerprint density at radius 1 is 1.45 bits per heavy atom. The van der Waals surface area contributed by atoms with Gasteiger partial charge in [0, 0.05) is 17.6 Å². The van der Waals surface area contributed by atoms with Crippen LogP contribution in [0.5, 0.6) is 0 Å². The van der Waals surface area contributed by atoms with Gasteiger partial charge in [-0.25, -0.2) is 4.98 Å². The number of carbonyl (C=O) groups is 1. The van der Waals surface area contributed by atoms with Crippen LogP contribution in [0.15, 0.2) is 18.5 Å². The van der Waals surface area contributed by atoms with E-state index in [1.54, 1.807) is 12.3 Å². The second-order valence-corrected chi connectivity index (χ2v) is 5.22. The summed E-state index contributed by atoms with van der Waals surface area (Å²) in [5.41, 5.74) is 1.01. The molecule has 0 bridgehead atoms. The van der Waals surface area contributed by atoms with Crippen molar-refractivity contribution in [1.29, 1.82) is 0 Å². The molecular weight excluding hydrogens is 258 g/mol. The van der Waals surface area contributed by atoms with E-state index < -0.39 is 0 Å². The van der Waals surface area contributed by atoms with Crippen LogP contribution < -0.4 is 11.2 Å². The first kappa shape index (κ1) is 12.9. The molecule has 0 aromatic carbocycles. The molecule has 20 heavy (non-hydrogen) atoms. The van der Waals surface area contributed by atoms with Crippen LogP contribution in [0, 0.1) is 0 Å². The summed E-state index contributed by atoms with van der Waals surface area (Å²) in [6.07, 6.45) is 6.01. The molecule has 2 atom stereocenters. The van der Waals surface area contributed by atoms with Gasteiger partial charge >= 0.3 is 0 Å². The van der Waals surface area contributed by atoms with Crippen LogP contribution in [0.2, 0.25) is 0 Å². The third-order valence-corrected chi connectivity index (χ3v) is 3.68. The molecule has 2 aromatic rings. The number of nitrogen functional groups attached to an aromatic ring is 1. The summed E-state index contributed by atoms with van der Waals surface area (Å²) in [5, 5.41) is 17.2. The second kappa shape index (κ2) is 5.09. The van der Waals surface area contributed by atoms with Crippen molar-refractivity contribution in [3.8, 4) is 0 Å². The van der Waals surface area contributed by atoms with Crippen molar-refractivity contribution in [1.82, 2.24) is 20.2 Å². The average Bonchev–Trinajstić information content (AvgIpc) is 2.80. The number of amides is 1. The summed E-state index contributed by atoms with van der Waals surface area (Å²) in [7, 11) is 0. The summed E-state index contributed by atoms with van der Waals surface area (Å²) in [4.78, 5) is 17.5. The quantitative estimate of drug-likeness (QED) is 0.678. The molecule has 0 spiro atoms. The van der Waals surface area contributed by atoms with E-state index in [9.17, 15) is 9.90 Å². The number of carbonyl (C=O) groups excluding carboxylic acids is 1. The molecule has 4 N–H and O–H groups in total. The molecule has 2 aromatic heterocycles. The molecule has 0 radical (unpaired) electrons. The number of nitrogens with one attached hydrogen (secondary N) is 1. The van der Waals surface area contributed by atoms with Gasteiger partial charge in [0.25, 0.3) is 5.91 Å². The fourth-order valence-corrected chi connectivity index (χ4v) is 2.63. The maximum Gasteiger partial charge on any atom is 0.253 e. The van der Waals surface area contributed by atoms with Gasteiger partial charge in [-0.3, -0.25) is 4.79 Å². The molecule has 1 aliphatic carbocycles. The Morgan fingerprint density at radius 2 is 2.30 bits per heavy atom. The second-order valence-electron chi connectivity index (χ2n) is 5.22. The van der Waals surface area contributed by atoms with Gasteiger partial charge < -0.3 is 16.3 Å². The fourth-order valence-electron chi connectivity index (χ4n) is 2.63. The summed E-state index contributed by atoms with van der Waals surface area (Å²) < 4.78 is 0. The van der Waals surface area contributed by atoms with Crippen LogP contribution in [-0.2, 0) is 0 Å². The molecule has 0 unspecified atom stereocenters. The number of hydrogen-bond donors (Lipinski definition) is 3. The maximum atomic E-state index is 12.2. The Labute approximate surface area is 115 Å². The topological polar surface area (TPSA) is 106 Å². The van der Waals surface area contributed by atoms with Crippen molar-refractivity contribution < 1.29 is 9.90 Å². The van der Waals surface area contributed by atoms with Crippen molar-refractivity contribution in [3.63, 3.8) is 0 Å². The molecule has 1 amide bonds. The van der Waals surface area contributed by atoms with Crippen LogP contribution in [0.25, 0.3) is 11.0 Å². The average molecular weight is 275 g/mol. The highest BCUT2D eigenvalue weighted by atomic mass is 16.3.